The van der Waals surface area contributed by atoms with Crippen LogP contribution in [0, 0.1) is 52.3 Å². The van der Waals surface area contributed by atoms with Crippen molar-refractivity contribution in [1.29, 1.82) is 0 Å². The summed E-state index contributed by atoms with van der Waals surface area (Å²) in [7, 11) is 0. The van der Waals surface area contributed by atoms with Crippen LogP contribution in [0.15, 0.2) is 30.3 Å². The van der Waals surface area contributed by atoms with E-state index < -0.39 is 0 Å². The van der Waals surface area contributed by atoms with Gasteiger partial charge in [0.15, 0.2) is 0 Å². The molecule has 0 aromatic heterocycles. The molecule has 0 spiro atoms. The Morgan fingerprint density at radius 3 is 2.41 bits per heavy atom. The zero-order valence-electron chi connectivity index (χ0n) is 24.3. The molecule has 3 nitrogen and oxygen atoms in total. The van der Waals surface area contributed by atoms with Crippen molar-refractivity contribution in [3.8, 4) is 0 Å². The molecule has 3 heteroatoms. The first-order valence-electron chi connectivity index (χ1n) is 15.7. The number of hydrogen-bond donors (Lipinski definition) is 1. The highest BCUT2D eigenvalue weighted by atomic mass is 16.6. The molecule has 1 aromatic rings. The van der Waals surface area contributed by atoms with Crippen molar-refractivity contribution >= 4 is 11.8 Å². The van der Waals surface area contributed by atoms with Gasteiger partial charge < -0.3 is 4.74 Å². The number of amides is 1. The summed E-state index contributed by atoms with van der Waals surface area (Å²) in [6.45, 7) is 12.6. The van der Waals surface area contributed by atoms with Crippen molar-refractivity contribution in [1.82, 2.24) is 0 Å². The summed E-state index contributed by atoms with van der Waals surface area (Å²) in [5.74, 6) is 6.09. The van der Waals surface area contributed by atoms with Crippen LogP contribution in [0.3, 0.4) is 0 Å². The minimum atomic E-state index is -0.290. The van der Waals surface area contributed by atoms with Gasteiger partial charge in [-0.2, -0.15) is 0 Å². The Bertz CT molecular complexity index is 914. The maximum Gasteiger partial charge on any atom is 0.411 e. The Morgan fingerprint density at radius 2 is 1.65 bits per heavy atom. The SMILES string of the molecule is CC(C)CCC[C@@H](C)[C@H]1CC[C@H]2[C@@H]3CCC4C[C@@H](OC(=O)Nc5ccccc5)CC[C@]4(C)[C@H]3CC[C@]12C. The molecule has 0 saturated heterocycles. The Balaban J connectivity index is 1.19. The fourth-order valence-electron chi connectivity index (χ4n) is 10.2. The molecule has 4 fully saturated rings. The first kappa shape index (κ1) is 27.1. The highest BCUT2D eigenvalue weighted by molar-refractivity contribution is 5.84. The number of carbonyl (C=O) groups is 1. The van der Waals surface area contributed by atoms with Crippen LogP contribution in [0.5, 0.6) is 0 Å². The molecule has 206 valence electrons. The van der Waals surface area contributed by atoms with Gasteiger partial charge in [0.25, 0.3) is 0 Å². The molecule has 0 aliphatic heterocycles. The van der Waals surface area contributed by atoms with Crippen molar-refractivity contribution in [2.24, 2.45) is 52.3 Å². The molecule has 4 aliphatic rings. The van der Waals surface area contributed by atoms with E-state index >= 15 is 0 Å². The number of para-hydroxylation sites is 1. The number of ether oxygens (including phenoxy) is 1. The first-order valence-corrected chi connectivity index (χ1v) is 15.7. The summed E-state index contributed by atoms with van der Waals surface area (Å²) in [4.78, 5) is 12.6. The van der Waals surface area contributed by atoms with E-state index in [0.29, 0.717) is 16.7 Å². The van der Waals surface area contributed by atoms with Gasteiger partial charge >= 0.3 is 6.09 Å². The zero-order valence-corrected chi connectivity index (χ0v) is 24.3. The molecular formula is C34H53NO2. The highest BCUT2D eigenvalue weighted by Crippen LogP contribution is 2.68. The second-order valence-corrected chi connectivity index (χ2v) is 14.5. The van der Waals surface area contributed by atoms with E-state index in [2.05, 4.69) is 39.9 Å². The van der Waals surface area contributed by atoms with Crippen molar-refractivity contribution in [3.05, 3.63) is 30.3 Å². The van der Waals surface area contributed by atoms with E-state index in [4.69, 9.17) is 4.74 Å². The molecule has 9 atom stereocenters. The van der Waals surface area contributed by atoms with Crippen LogP contribution >= 0.6 is 0 Å². The standard InChI is InChI=1S/C34H53NO2/c1-23(2)10-9-11-24(3)29-16-17-30-28-15-14-25-22-27(37-32(36)35-26-12-7-6-8-13-26)18-20-33(25,4)31(28)19-21-34(29,30)5/h6-8,12-13,23-25,27-31H,9-11,14-22H2,1-5H3,(H,35,36)/t24-,25?,27+,28+,29-,30+,31+,33+,34-/m1/s1. The number of hydrogen-bond acceptors (Lipinski definition) is 2. The van der Waals surface area contributed by atoms with Crippen LogP contribution in [0.2, 0.25) is 0 Å². The van der Waals surface area contributed by atoms with Gasteiger partial charge in [0.05, 0.1) is 0 Å². The molecule has 4 saturated carbocycles. The molecule has 1 aromatic carbocycles. The van der Waals surface area contributed by atoms with Crippen LogP contribution in [0.1, 0.15) is 112 Å². The maximum absolute atomic E-state index is 12.6. The molecule has 0 radical (unpaired) electrons. The molecular weight excluding hydrogens is 454 g/mol. The van der Waals surface area contributed by atoms with Crippen LogP contribution in [-0.4, -0.2) is 12.2 Å². The van der Waals surface area contributed by atoms with Gasteiger partial charge in [-0.15, -0.1) is 0 Å². The average molecular weight is 508 g/mol. The summed E-state index contributed by atoms with van der Waals surface area (Å²) >= 11 is 0. The minimum absolute atomic E-state index is 0.0646. The third-order valence-electron chi connectivity index (χ3n) is 12.1. The van der Waals surface area contributed by atoms with Crippen molar-refractivity contribution in [3.63, 3.8) is 0 Å². The van der Waals surface area contributed by atoms with Crippen molar-refractivity contribution < 1.29 is 9.53 Å². The molecule has 1 unspecified atom stereocenters. The van der Waals surface area contributed by atoms with Crippen LogP contribution in [0.25, 0.3) is 0 Å². The monoisotopic (exact) mass is 507 g/mol. The largest absolute Gasteiger partial charge is 0.446 e. The highest BCUT2D eigenvalue weighted by Gasteiger charge is 2.60. The van der Waals surface area contributed by atoms with Gasteiger partial charge in [0, 0.05) is 5.69 Å². The summed E-state index contributed by atoms with van der Waals surface area (Å²) < 4.78 is 5.95. The van der Waals surface area contributed by atoms with Gasteiger partial charge in [-0.05, 0) is 122 Å². The Morgan fingerprint density at radius 1 is 0.919 bits per heavy atom. The fraction of sp³-hybridized carbons (Fsp3) is 0.794. The topological polar surface area (TPSA) is 38.3 Å². The van der Waals surface area contributed by atoms with E-state index in [1.54, 1.807) is 0 Å². The number of rotatable bonds is 7. The molecule has 4 aliphatic carbocycles. The Labute approximate surface area is 226 Å². The minimum Gasteiger partial charge on any atom is -0.446 e. The average Bonchev–Trinajstić information content (AvgIpc) is 3.22. The predicted molar refractivity (Wildman–Crippen MR) is 153 cm³/mol. The second-order valence-electron chi connectivity index (χ2n) is 14.5. The fourth-order valence-corrected chi connectivity index (χ4v) is 10.2. The molecule has 37 heavy (non-hydrogen) atoms. The van der Waals surface area contributed by atoms with Gasteiger partial charge in [-0.25, -0.2) is 4.79 Å². The van der Waals surface area contributed by atoms with E-state index in [-0.39, 0.29) is 12.2 Å². The molecule has 0 bridgehead atoms. The molecule has 5 rings (SSSR count). The molecule has 1 N–H and O–H groups in total. The van der Waals surface area contributed by atoms with Crippen LogP contribution < -0.4 is 5.32 Å². The second kappa shape index (κ2) is 10.9. The van der Waals surface area contributed by atoms with Gasteiger partial charge in [0.2, 0.25) is 0 Å². The summed E-state index contributed by atoms with van der Waals surface area (Å²) in [5, 5.41) is 2.92. The number of anilines is 1. The van der Waals surface area contributed by atoms with Gasteiger partial charge in [-0.1, -0.05) is 72.1 Å². The smallest absolute Gasteiger partial charge is 0.411 e. The molecule has 0 heterocycles. The quantitative estimate of drug-likeness (QED) is 0.399. The van der Waals surface area contributed by atoms with Gasteiger partial charge in [-0.3, -0.25) is 5.32 Å². The third-order valence-corrected chi connectivity index (χ3v) is 12.1. The number of fused-ring (bicyclic) bond motifs is 5. The normalized spacial score (nSPS) is 39.8. The van der Waals surface area contributed by atoms with Crippen molar-refractivity contribution in [2.45, 2.75) is 118 Å². The maximum atomic E-state index is 12.6. The lowest BCUT2D eigenvalue weighted by molar-refractivity contribution is -0.129. The van der Waals surface area contributed by atoms with Crippen LogP contribution in [0.4, 0.5) is 10.5 Å². The summed E-state index contributed by atoms with van der Waals surface area (Å²) in [5.41, 5.74) is 1.81. The van der Waals surface area contributed by atoms with Crippen LogP contribution in [-0.2, 0) is 4.74 Å². The lowest BCUT2D eigenvalue weighted by Gasteiger charge is -2.61. The Kier molecular flexibility index (Phi) is 8.00. The third kappa shape index (κ3) is 5.35. The van der Waals surface area contributed by atoms with E-state index in [0.717, 1.165) is 54.0 Å². The Hall–Kier alpha value is -1.51. The van der Waals surface area contributed by atoms with E-state index in [9.17, 15) is 4.79 Å². The van der Waals surface area contributed by atoms with Crippen molar-refractivity contribution in [2.75, 3.05) is 5.32 Å². The first-order chi connectivity index (χ1) is 17.7. The van der Waals surface area contributed by atoms with E-state index in [1.165, 1.54) is 64.2 Å². The zero-order chi connectivity index (χ0) is 26.2. The number of benzene rings is 1. The number of carbonyl (C=O) groups excluding carboxylic acids is 1. The predicted octanol–water partition coefficient (Wildman–Crippen LogP) is 9.72. The lowest BCUT2D eigenvalue weighted by Crippen LogP contribution is -2.54. The van der Waals surface area contributed by atoms with E-state index in [1.807, 2.05) is 30.3 Å². The van der Waals surface area contributed by atoms with Gasteiger partial charge in [0.1, 0.15) is 6.10 Å². The molecule has 1 amide bonds. The number of nitrogens with one attached hydrogen (secondary N) is 1. The lowest BCUT2D eigenvalue weighted by atomic mass is 9.44. The summed E-state index contributed by atoms with van der Waals surface area (Å²) in [6.07, 6.45) is 15.9. The summed E-state index contributed by atoms with van der Waals surface area (Å²) in [6, 6.07) is 9.67.